The summed E-state index contributed by atoms with van der Waals surface area (Å²) in [5.41, 5.74) is 6.81. The van der Waals surface area contributed by atoms with Gasteiger partial charge < -0.3 is 23.7 Å². The Morgan fingerprint density at radius 1 is 0.838 bits per heavy atom. The Kier molecular flexibility index (Phi) is 13.2. The SMILES string of the molecule is CCCc1nc(CS(=O)(=O)c2ccc(Oc3ccc4nc(COc5ccc(CC6SC(=O)NC6=O)cc5)n(C)c4c3)cc2)c(CCC(=O)O)n1Cc1ccc(-c2ccccc2)c(-c2nn[nH]n2)c1. The van der Waals surface area contributed by atoms with Crippen molar-refractivity contribution in [2.45, 2.75) is 68.1 Å². The molecule has 1 aliphatic heterocycles. The number of carbonyl (C=O) groups excluding carboxylic acids is 2. The third-order valence-corrected chi connectivity index (χ3v) is 14.2. The number of H-pyrrole nitrogens is 1. The predicted octanol–water partition coefficient (Wildman–Crippen LogP) is 7.87. The fourth-order valence-electron chi connectivity index (χ4n) is 8.15. The van der Waals surface area contributed by atoms with E-state index in [0.717, 1.165) is 57.0 Å². The monoisotopic (exact) mass is 951 g/mol. The van der Waals surface area contributed by atoms with Gasteiger partial charge in [-0.05, 0) is 94.9 Å². The number of hydrogen-bond donors (Lipinski definition) is 3. The number of amides is 2. The number of rotatable bonds is 19. The van der Waals surface area contributed by atoms with Gasteiger partial charge in [-0.3, -0.25) is 19.7 Å². The Morgan fingerprint density at radius 3 is 2.29 bits per heavy atom. The van der Waals surface area contributed by atoms with Gasteiger partial charge in [0, 0.05) is 43.8 Å². The molecule has 1 atom stereocenters. The van der Waals surface area contributed by atoms with Crippen LogP contribution in [0.4, 0.5) is 4.79 Å². The lowest BCUT2D eigenvalue weighted by Gasteiger charge is -2.15. The number of sulfone groups is 1. The van der Waals surface area contributed by atoms with E-state index in [-0.39, 0.29) is 35.5 Å². The summed E-state index contributed by atoms with van der Waals surface area (Å²) in [5, 5.41) is 26.1. The Balaban J connectivity index is 0.895. The highest BCUT2D eigenvalue weighted by molar-refractivity contribution is 8.15. The first-order chi connectivity index (χ1) is 32.9. The second kappa shape index (κ2) is 19.7. The highest BCUT2D eigenvalue weighted by Crippen LogP contribution is 2.33. The van der Waals surface area contributed by atoms with Crippen LogP contribution in [0.5, 0.6) is 17.2 Å². The van der Waals surface area contributed by atoms with Crippen molar-refractivity contribution in [1.29, 1.82) is 0 Å². The molecule has 0 saturated carbocycles. The van der Waals surface area contributed by atoms with Crippen LogP contribution in [0.25, 0.3) is 33.5 Å². The Hall–Kier alpha value is -7.64. The molecule has 3 N–H and O–H groups in total. The van der Waals surface area contributed by atoms with Crippen molar-refractivity contribution >= 4 is 49.7 Å². The van der Waals surface area contributed by atoms with Gasteiger partial charge in [0.25, 0.3) is 5.24 Å². The first-order valence-electron chi connectivity index (χ1n) is 21.8. The van der Waals surface area contributed by atoms with Gasteiger partial charge in [-0.1, -0.05) is 73.3 Å². The van der Waals surface area contributed by atoms with Crippen LogP contribution in [0.3, 0.4) is 0 Å². The first-order valence-corrected chi connectivity index (χ1v) is 24.3. The van der Waals surface area contributed by atoms with Crippen molar-refractivity contribution in [2.24, 2.45) is 7.05 Å². The number of nitrogens with one attached hydrogen (secondary N) is 2. The topological polar surface area (TPSA) is 226 Å². The minimum absolute atomic E-state index is 0.0694. The molecule has 4 heterocycles. The maximum absolute atomic E-state index is 14.1. The number of benzene rings is 5. The number of nitrogens with zero attached hydrogens (tertiary/aromatic N) is 7. The van der Waals surface area contributed by atoms with Gasteiger partial charge in [-0.2, -0.15) is 5.21 Å². The smallest absolute Gasteiger partial charge is 0.303 e. The fourth-order valence-corrected chi connectivity index (χ4v) is 10.3. The minimum Gasteiger partial charge on any atom is -0.486 e. The maximum atomic E-state index is 14.1. The van der Waals surface area contributed by atoms with Gasteiger partial charge in [-0.25, -0.2) is 18.4 Å². The van der Waals surface area contributed by atoms with Crippen molar-refractivity contribution in [3.8, 4) is 39.8 Å². The number of carbonyl (C=O) groups is 3. The van der Waals surface area contributed by atoms with Gasteiger partial charge in [0.1, 0.15) is 35.5 Å². The largest absolute Gasteiger partial charge is 0.486 e. The molecule has 8 aromatic rings. The lowest BCUT2D eigenvalue weighted by atomic mass is 9.97. The molecular weight excluding hydrogens is 907 g/mol. The minimum atomic E-state index is -3.95. The van der Waals surface area contributed by atoms with Crippen molar-refractivity contribution < 1.29 is 37.4 Å². The van der Waals surface area contributed by atoms with Gasteiger partial charge in [-0.15, -0.1) is 10.2 Å². The summed E-state index contributed by atoms with van der Waals surface area (Å²) >= 11 is 0.998. The van der Waals surface area contributed by atoms with E-state index in [9.17, 15) is 27.9 Å². The van der Waals surface area contributed by atoms with Crippen LogP contribution in [0.1, 0.15) is 53.9 Å². The van der Waals surface area contributed by atoms with E-state index in [1.807, 2.05) is 108 Å². The number of ether oxygens (including phenoxy) is 2. The molecule has 5 aromatic carbocycles. The molecule has 0 aliphatic carbocycles. The van der Waals surface area contributed by atoms with Gasteiger partial charge in [0.05, 0.1) is 39.0 Å². The number of carboxylic acid groups (broad SMARTS) is 1. The van der Waals surface area contributed by atoms with E-state index in [0.29, 0.717) is 65.5 Å². The molecule has 17 nitrogen and oxygen atoms in total. The van der Waals surface area contributed by atoms with Crippen LogP contribution >= 0.6 is 11.8 Å². The van der Waals surface area contributed by atoms with Crippen LogP contribution in [-0.2, 0) is 64.6 Å². The van der Waals surface area contributed by atoms with Crippen molar-refractivity contribution in [3.05, 3.63) is 149 Å². The van der Waals surface area contributed by atoms with Crippen molar-refractivity contribution in [2.75, 3.05) is 0 Å². The molecule has 0 radical (unpaired) electrons. The Morgan fingerprint density at radius 2 is 1.59 bits per heavy atom. The second-order valence-corrected chi connectivity index (χ2v) is 19.4. The average molecular weight is 952 g/mol. The summed E-state index contributed by atoms with van der Waals surface area (Å²) < 4.78 is 44.3. The molecule has 3 aromatic heterocycles. The molecule has 1 fully saturated rings. The van der Waals surface area contributed by atoms with Gasteiger partial charge in [0.2, 0.25) is 11.7 Å². The van der Waals surface area contributed by atoms with Crippen LogP contribution in [0, 0.1) is 0 Å². The molecule has 19 heteroatoms. The number of imide groups is 1. The number of aromatic nitrogens is 8. The van der Waals surface area contributed by atoms with Crippen LogP contribution in [0.2, 0.25) is 0 Å². The van der Waals surface area contributed by atoms with Gasteiger partial charge >= 0.3 is 5.97 Å². The van der Waals surface area contributed by atoms with Crippen LogP contribution < -0.4 is 14.8 Å². The number of aryl methyl sites for hydroxylation is 2. The number of imidazole rings is 2. The number of thioether (sulfide) groups is 1. The molecule has 1 aliphatic rings. The fraction of sp³-hybridized carbons (Fsp3) is 0.224. The van der Waals surface area contributed by atoms with E-state index in [1.54, 1.807) is 18.2 Å². The number of tetrazole rings is 1. The zero-order chi connectivity index (χ0) is 47.4. The van der Waals surface area contributed by atoms with Gasteiger partial charge in [0.15, 0.2) is 9.84 Å². The third kappa shape index (κ3) is 10.2. The summed E-state index contributed by atoms with van der Waals surface area (Å²) in [6.07, 6.45) is 1.60. The van der Waals surface area contributed by atoms with Crippen LogP contribution in [0.15, 0.2) is 120 Å². The highest BCUT2D eigenvalue weighted by atomic mass is 32.2. The normalized spacial score (nSPS) is 13.8. The molecule has 346 valence electrons. The summed E-state index contributed by atoms with van der Waals surface area (Å²) in [7, 11) is -2.07. The number of aliphatic carboxylic acids is 1. The quantitative estimate of drug-likeness (QED) is 0.0701. The number of aromatic amines is 1. The maximum Gasteiger partial charge on any atom is 0.303 e. The summed E-state index contributed by atoms with van der Waals surface area (Å²) in [5.74, 6) is 1.62. The number of fused-ring (bicyclic) bond motifs is 1. The Labute approximate surface area is 394 Å². The molecule has 1 saturated heterocycles. The Bertz CT molecular complexity index is 3250. The summed E-state index contributed by atoms with van der Waals surface area (Å²) in [4.78, 5) is 45.1. The van der Waals surface area contributed by atoms with E-state index in [2.05, 4.69) is 25.9 Å². The molecule has 9 rings (SSSR count). The molecule has 2 amide bonds. The van der Waals surface area contributed by atoms with E-state index in [4.69, 9.17) is 19.4 Å². The first kappa shape index (κ1) is 45.5. The van der Waals surface area contributed by atoms with Crippen molar-refractivity contribution in [3.63, 3.8) is 0 Å². The van der Waals surface area contributed by atoms with E-state index in [1.165, 1.54) is 12.1 Å². The third-order valence-electron chi connectivity index (χ3n) is 11.5. The van der Waals surface area contributed by atoms with Crippen LogP contribution in [-0.4, -0.2) is 75.6 Å². The standard InChI is InChI=1S/C49H45N9O8S2/c1-3-7-44-51-40(41(22-23-46(59)60)58(44)27-31-12-20-37(32-8-5-4-6-9-32)38(24-31)47-53-55-56-54-47)29-68(63,64)36-18-15-34(16-19-36)66-35-17-21-39-42(26-35)57(2)45(50-39)28-65-33-13-10-30(11-14-33)25-43-48(61)52-49(62)67-43/h4-6,8-21,24,26,43H,3,7,22-23,25,27-29H2,1-2H3,(H,59,60)(H,52,61,62)(H,53,54,55,56). The number of hydrogen-bond acceptors (Lipinski definition) is 13. The summed E-state index contributed by atoms with van der Waals surface area (Å²) in [6, 6.07) is 34.8. The predicted molar refractivity (Wildman–Crippen MR) is 254 cm³/mol. The van der Waals surface area contributed by atoms with E-state index < -0.39 is 26.8 Å². The zero-order valence-corrected chi connectivity index (χ0v) is 38.6. The molecule has 0 bridgehead atoms. The van der Waals surface area contributed by atoms with E-state index >= 15 is 0 Å². The molecule has 1 unspecified atom stereocenters. The molecule has 0 spiro atoms. The van der Waals surface area contributed by atoms with Crippen molar-refractivity contribution in [1.82, 2.24) is 45.0 Å². The second-order valence-electron chi connectivity index (χ2n) is 16.2. The average Bonchev–Trinajstić information content (AvgIpc) is 4.12. The highest BCUT2D eigenvalue weighted by Gasteiger charge is 2.31. The number of carboxylic acids is 1. The summed E-state index contributed by atoms with van der Waals surface area (Å²) in [6.45, 7) is 2.52. The molecular formula is C49H45N9O8S2. The molecule has 68 heavy (non-hydrogen) atoms. The zero-order valence-electron chi connectivity index (χ0n) is 37.0. The lowest BCUT2D eigenvalue weighted by Crippen LogP contribution is -2.25. The lowest BCUT2D eigenvalue weighted by molar-refractivity contribution is -0.137.